The number of hydrogen-bond acceptors (Lipinski definition) is 3. The van der Waals surface area contributed by atoms with Gasteiger partial charge in [-0.05, 0) is 37.6 Å². The van der Waals surface area contributed by atoms with E-state index in [-0.39, 0.29) is 6.42 Å². The molecule has 5 nitrogen and oxygen atoms in total. The summed E-state index contributed by atoms with van der Waals surface area (Å²) in [6.07, 6.45) is 0.262. The maximum absolute atomic E-state index is 11.7. The number of benzene rings is 1. The molecule has 0 aliphatic rings. The van der Waals surface area contributed by atoms with Gasteiger partial charge in [-0.2, -0.15) is 0 Å². The normalized spacial score (nSPS) is 11.7. The SMILES string of the molecule is CCOc1ccc(NC(=O)C(CC)C(=O)O)cc1. The van der Waals surface area contributed by atoms with Gasteiger partial charge in [-0.25, -0.2) is 0 Å². The van der Waals surface area contributed by atoms with E-state index in [0.717, 1.165) is 0 Å². The van der Waals surface area contributed by atoms with Gasteiger partial charge in [0.15, 0.2) is 0 Å². The predicted octanol–water partition coefficient (Wildman–Crippen LogP) is 2.13. The van der Waals surface area contributed by atoms with Crippen LogP contribution in [-0.2, 0) is 9.59 Å². The highest BCUT2D eigenvalue weighted by atomic mass is 16.5. The summed E-state index contributed by atoms with van der Waals surface area (Å²) in [6, 6.07) is 6.80. The Hall–Kier alpha value is -2.04. The van der Waals surface area contributed by atoms with Gasteiger partial charge in [-0.3, -0.25) is 9.59 Å². The van der Waals surface area contributed by atoms with E-state index in [1.54, 1.807) is 31.2 Å². The van der Waals surface area contributed by atoms with Crippen LogP contribution in [-0.4, -0.2) is 23.6 Å². The molecule has 2 N–H and O–H groups in total. The topological polar surface area (TPSA) is 75.6 Å². The Balaban J connectivity index is 2.66. The van der Waals surface area contributed by atoms with Crippen molar-refractivity contribution in [3.05, 3.63) is 24.3 Å². The number of carbonyl (C=O) groups is 2. The summed E-state index contributed by atoms with van der Waals surface area (Å²) < 4.78 is 5.27. The molecule has 18 heavy (non-hydrogen) atoms. The van der Waals surface area contributed by atoms with Crippen molar-refractivity contribution >= 4 is 17.6 Å². The third-order valence-corrected chi connectivity index (χ3v) is 2.46. The van der Waals surface area contributed by atoms with E-state index < -0.39 is 17.8 Å². The van der Waals surface area contributed by atoms with Gasteiger partial charge < -0.3 is 15.2 Å². The summed E-state index contributed by atoms with van der Waals surface area (Å²) in [6.45, 7) is 4.12. The number of ether oxygens (including phenoxy) is 1. The highest BCUT2D eigenvalue weighted by Gasteiger charge is 2.23. The smallest absolute Gasteiger partial charge is 0.316 e. The molecule has 1 aromatic rings. The minimum atomic E-state index is -1.11. The first-order valence-corrected chi connectivity index (χ1v) is 5.85. The number of carbonyl (C=O) groups excluding carboxylic acids is 1. The average Bonchev–Trinajstić information content (AvgIpc) is 2.32. The van der Waals surface area contributed by atoms with Crippen LogP contribution >= 0.6 is 0 Å². The van der Waals surface area contributed by atoms with Crippen molar-refractivity contribution in [2.24, 2.45) is 5.92 Å². The van der Waals surface area contributed by atoms with Crippen LogP contribution in [0.1, 0.15) is 20.3 Å². The van der Waals surface area contributed by atoms with Crippen LogP contribution in [0.4, 0.5) is 5.69 Å². The molecule has 0 bridgehead atoms. The number of carboxylic acid groups (broad SMARTS) is 1. The fourth-order valence-corrected chi connectivity index (χ4v) is 1.50. The Morgan fingerprint density at radius 2 is 1.89 bits per heavy atom. The molecule has 0 aliphatic heterocycles. The summed E-state index contributed by atoms with van der Waals surface area (Å²) in [5, 5.41) is 11.4. The molecule has 0 radical (unpaired) electrons. The van der Waals surface area contributed by atoms with Crippen molar-refractivity contribution in [2.75, 3.05) is 11.9 Å². The van der Waals surface area contributed by atoms with Crippen LogP contribution < -0.4 is 10.1 Å². The Kier molecular flexibility index (Phi) is 5.17. The minimum absolute atomic E-state index is 0.262. The summed E-state index contributed by atoms with van der Waals surface area (Å²) in [4.78, 5) is 22.5. The molecule has 1 rings (SSSR count). The van der Waals surface area contributed by atoms with Crippen LogP contribution in [0.3, 0.4) is 0 Å². The second-order valence-electron chi connectivity index (χ2n) is 3.75. The minimum Gasteiger partial charge on any atom is -0.494 e. The number of anilines is 1. The third-order valence-electron chi connectivity index (χ3n) is 2.46. The molecule has 0 heterocycles. The molecule has 0 aliphatic carbocycles. The number of carboxylic acids is 1. The van der Waals surface area contributed by atoms with Crippen LogP contribution in [0, 0.1) is 5.92 Å². The Morgan fingerprint density at radius 1 is 1.28 bits per heavy atom. The Morgan fingerprint density at radius 3 is 2.33 bits per heavy atom. The molecular formula is C13H17NO4. The number of aliphatic carboxylic acids is 1. The number of amides is 1. The molecule has 0 aromatic heterocycles. The molecule has 0 saturated carbocycles. The van der Waals surface area contributed by atoms with E-state index in [4.69, 9.17) is 9.84 Å². The first kappa shape index (κ1) is 14.0. The molecule has 0 saturated heterocycles. The van der Waals surface area contributed by atoms with E-state index in [0.29, 0.717) is 18.0 Å². The summed E-state index contributed by atoms with van der Waals surface area (Å²) in [7, 11) is 0. The van der Waals surface area contributed by atoms with E-state index in [2.05, 4.69) is 5.32 Å². The summed E-state index contributed by atoms with van der Waals surface area (Å²) in [5.74, 6) is -1.92. The van der Waals surface area contributed by atoms with Gasteiger partial charge in [0.05, 0.1) is 6.61 Å². The largest absolute Gasteiger partial charge is 0.494 e. The van der Waals surface area contributed by atoms with Crippen molar-refractivity contribution in [1.29, 1.82) is 0 Å². The average molecular weight is 251 g/mol. The summed E-state index contributed by atoms with van der Waals surface area (Å²) >= 11 is 0. The first-order valence-electron chi connectivity index (χ1n) is 5.85. The second kappa shape index (κ2) is 6.64. The van der Waals surface area contributed by atoms with Gasteiger partial charge in [0, 0.05) is 5.69 Å². The van der Waals surface area contributed by atoms with Gasteiger partial charge in [0.2, 0.25) is 5.91 Å². The van der Waals surface area contributed by atoms with Crippen molar-refractivity contribution in [3.8, 4) is 5.75 Å². The number of hydrogen-bond donors (Lipinski definition) is 2. The lowest BCUT2D eigenvalue weighted by Gasteiger charge is -2.11. The lowest BCUT2D eigenvalue weighted by molar-refractivity contribution is -0.145. The zero-order valence-electron chi connectivity index (χ0n) is 10.5. The van der Waals surface area contributed by atoms with Crippen molar-refractivity contribution in [2.45, 2.75) is 20.3 Å². The number of nitrogens with one attached hydrogen (secondary N) is 1. The monoisotopic (exact) mass is 251 g/mol. The molecular weight excluding hydrogens is 234 g/mol. The van der Waals surface area contributed by atoms with Gasteiger partial charge in [0.1, 0.15) is 11.7 Å². The maximum atomic E-state index is 11.7. The zero-order chi connectivity index (χ0) is 13.5. The fourth-order valence-electron chi connectivity index (χ4n) is 1.50. The maximum Gasteiger partial charge on any atom is 0.316 e. The Bertz CT molecular complexity index is 414. The molecule has 0 spiro atoms. The second-order valence-corrected chi connectivity index (χ2v) is 3.75. The number of rotatable bonds is 6. The molecule has 0 fully saturated rings. The molecule has 1 atom stereocenters. The molecule has 1 aromatic carbocycles. The predicted molar refractivity (Wildman–Crippen MR) is 67.7 cm³/mol. The van der Waals surface area contributed by atoms with Gasteiger partial charge in [-0.15, -0.1) is 0 Å². The lowest BCUT2D eigenvalue weighted by Crippen LogP contribution is -2.28. The van der Waals surface area contributed by atoms with E-state index in [9.17, 15) is 9.59 Å². The summed E-state index contributed by atoms with van der Waals surface area (Å²) in [5.41, 5.74) is 0.558. The first-order chi connectivity index (χ1) is 8.58. The van der Waals surface area contributed by atoms with E-state index >= 15 is 0 Å². The highest BCUT2D eigenvalue weighted by Crippen LogP contribution is 2.16. The molecule has 5 heteroatoms. The van der Waals surface area contributed by atoms with Gasteiger partial charge in [-0.1, -0.05) is 6.92 Å². The van der Waals surface area contributed by atoms with Gasteiger partial charge in [0.25, 0.3) is 0 Å². The lowest BCUT2D eigenvalue weighted by atomic mass is 10.1. The van der Waals surface area contributed by atoms with Crippen LogP contribution in [0.25, 0.3) is 0 Å². The third kappa shape index (κ3) is 3.76. The van der Waals surface area contributed by atoms with Crippen LogP contribution in [0.15, 0.2) is 24.3 Å². The molecule has 98 valence electrons. The van der Waals surface area contributed by atoms with Gasteiger partial charge >= 0.3 is 5.97 Å². The zero-order valence-corrected chi connectivity index (χ0v) is 10.5. The Labute approximate surface area is 106 Å². The fraction of sp³-hybridized carbons (Fsp3) is 0.385. The van der Waals surface area contributed by atoms with Crippen molar-refractivity contribution in [1.82, 2.24) is 0 Å². The molecule has 1 unspecified atom stereocenters. The van der Waals surface area contributed by atoms with Crippen LogP contribution in [0.2, 0.25) is 0 Å². The van der Waals surface area contributed by atoms with Crippen molar-refractivity contribution < 1.29 is 19.4 Å². The van der Waals surface area contributed by atoms with E-state index in [1.807, 2.05) is 6.92 Å². The standard InChI is InChI=1S/C13H17NO4/c1-3-11(13(16)17)12(15)14-9-5-7-10(8-6-9)18-4-2/h5-8,11H,3-4H2,1-2H3,(H,14,15)(H,16,17). The van der Waals surface area contributed by atoms with E-state index in [1.165, 1.54) is 0 Å². The molecule has 1 amide bonds. The quantitative estimate of drug-likeness (QED) is 0.759. The van der Waals surface area contributed by atoms with Crippen LogP contribution in [0.5, 0.6) is 5.75 Å². The van der Waals surface area contributed by atoms with Crippen molar-refractivity contribution in [3.63, 3.8) is 0 Å². The highest BCUT2D eigenvalue weighted by molar-refractivity contribution is 6.04.